The Balaban J connectivity index is 1.58. The number of ether oxygens (including phenoxy) is 2. The second-order valence-corrected chi connectivity index (χ2v) is 12.7. The molecule has 1 aliphatic rings. The van der Waals surface area contributed by atoms with Crippen molar-refractivity contribution in [1.82, 2.24) is 24.6 Å². The van der Waals surface area contributed by atoms with Crippen LogP contribution < -0.4 is 20.2 Å². The lowest BCUT2D eigenvalue weighted by Gasteiger charge is -2.28. The number of para-hydroxylation sites is 1. The van der Waals surface area contributed by atoms with Gasteiger partial charge in [0.2, 0.25) is 5.95 Å². The molecule has 4 rings (SSSR count). The van der Waals surface area contributed by atoms with Crippen molar-refractivity contribution in [3.05, 3.63) is 36.7 Å². The fraction of sp³-hybridized carbons (Fsp3) is 0.500. The van der Waals surface area contributed by atoms with Gasteiger partial charge in [-0.05, 0) is 44.7 Å². The first-order valence-electron chi connectivity index (χ1n) is 12.5. The number of nitrogens with zero attached hydrogens (tertiary/aromatic N) is 5. The monoisotopic (exact) mass is 597 g/mol. The number of halogens is 1. The molecule has 0 amide bonds. The fourth-order valence-corrected chi connectivity index (χ4v) is 6.61. The minimum atomic E-state index is -3.43. The summed E-state index contributed by atoms with van der Waals surface area (Å²) < 4.78 is 40.4. The number of esters is 1. The molecule has 1 saturated heterocycles. The first-order chi connectivity index (χ1) is 18.9. The van der Waals surface area contributed by atoms with Gasteiger partial charge in [0.15, 0.2) is 28.9 Å². The number of rotatable bonds is 11. The SMILES string of the molecule is CCOC(=O)[C@H](C)N[P@@](=S)(OC[C@H]1O[C@@H](n2cnc3c(N(C)C)nc(N)nc32)[C@](C)(F)[C@@H]1O)Oc1ccccc1. The Morgan fingerprint density at radius 3 is 2.73 bits per heavy atom. The van der Waals surface area contributed by atoms with Gasteiger partial charge in [0.25, 0.3) is 0 Å². The molecule has 13 nitrogen and oxygen atoms in total. The minimum absolute atomic E-state index is 0.0301. The molecule has 6 atom stereocenters. The first-order valence-corrected chi connectivity index (χ1v) is 15.1. The highest BCUT2D eigenvalue weighted by Gasteiger charge is 2.56. The summed E-state index contributed by atoms with van der Waals surface area (Å²) in [4.78, 5) is 26.7. The van der Waals surface area contributed by atoms with E-state index in [2.05, 4.69) is 20.0 Å². The predicted molar refractivity (Wildman–Crippen MR) is 150 cm³/mol. The zero-order valence-electron chi connectivity index (χ0n) is 22.7. The van der Waals surface area contributed by atoms with Crippen molar-refractivity contribution in [3.63, 3.8) is 0 Å². The van der Waals surface area contributed by atoms with Crippen LogP contribution in [0.25, 0.3) is 11.2 Å². The molecule has 4 N–H and O–H groups in total. The smallest absolute Gasteiger partial charge is 0.323 e. The second-order valence-electron chi connectivity index (χ2n) is 9.55. The summed E-state index contributed by atoms with van der Waals surface area (Å²) in [7, 11) is 3.53. The molecule has 3 heterocycles. The van der Waals surface area contributed by atoms with E-state index < -0.39 is 42.8 Å². The zero-order chi connectivity index (χ0) is 29.2. The van der Waals surface area contributed by atoms with E-state index in [1.807, 2.05) is 0 Å². The summed E-state index contributed by atoms with van der Waals surface area (Å²) in [6, 6.07) is 7.79. The van der Waals surface area contributed by atoms with E-state index >= 15 is 4.39 Å². The van der Waals surface area contributed by atoms with E-state index in [9.17, 15) is 9.90 Å². The number of nitrogens with one attached hydrogen (secondary N) is 1. The van der Waals surface area contributed by atoms with Crippen molar-refractivity contribution in [2.75, 3.05) is 37.9 Å². The van der Waals surface area contributed by atoms with Gasteiger partial charge in [0, 0.05) is 14.1 Å². The Hall–Kier alpha value is -2.94. The molecule has 2 aromatic heterocycles. The lowest BCUT2D eigenvalue weighted by molar-refractivity contribution is -0.144. The van der Waals surface area contributed by atoms with E-state index in [1.54, 1.807) is 63.2 Å². The lowest BCUT2D eigenvalue weighted by Crippen LogP contribution is -2.41. The van der Waals surface area contributed by atoms with E-state index in [4.69, 9.17) is 36.1 Å². The topological polar surface area (TPSA) is 159 Å². The van der Waals surface area contributed by atoms with Gasteiger partial charge in [-0.3, -0.25) is 9.36 Å². The van der Waals surface area contributed by atoms with Crippen molar-refractivity contribution in [3.8, 4) is 5.75 Å². The highest BCUT2D eigenvalue weighted by Crippen LogP contribution is 2.48. The molecule has 0 spiro atoms. The van der Waals surface area contributed by atoms with Gasteiger partial charge in [-0.15, -0.1) is 0 Å². The second kappa shape index (κ2) is 11.9. The van der Waals surface area contributed by atoms with Crippen LogP contribution in [0.5, 0.6) is 5.75 Å². The Morgan fingerprint density at radius 1 is 1.38 bits per heavy atom. The van der Waals surface area contributed by atoms with Crippen molar-refractivity contribution in [2.45, 2.75) is 50.9 Å². The molecule has 0 radical (unpaired) electrons. The van der Waals surface area contributed by atoms with Crippen molar-refractivity contribution >= 4 is 47.3 Å². The summed E-state index contributed by atoms with van der Waals surface area (Å²) in [5, 5.41) is 13.8. The van der Waals surface area contributed by atoms with Gasteiger partial charge in [-0.25, -0.2) is 14.5 Å². The third-order valence-electron chi connectivity index (χ3n) is 6.18. The average Bonchev–Trinajstić information content (AvgIpc) is 3.40. The number of hydrogen-bond acceptors (Lipinski definition) is 12. The number of carbonyl (C=O) groups is 1. The molecular weight excluding hydrogens is 564 g/mol. The van der Waals surface area contributed by atoms with Gasteiger partial charge >= 0.3 is 12.6 Å². The summed E-state index contributed by atoms with van der Waals surface area (Å²) in [6.07, 6.45) is -2.75. The fourth-order valence-electron chi connectivity index (χ4n) is 4.19. The molecule has 1 aromatic carbocycles. The van der Waals surface area contributed by atoms with Crippen LogP contribution in [0.1, 0.15) is 27.0 Å². The number of anilines is 2. The number of aromatic nitrogens is 4. The maximum atomic E-state index is 16.0. The third-order valence-corrected chi connectivity index (χ3v) is 8.68. The normalized spacial score (nSPS) is 24.9. The largest absolute Gasteiger partial charge is 0.465 e. The summed E-state index contributed by atoms with van der Waals surface area (Å²) in [5.41, 5.74) is 4.23. The van der Waals surface area contributed by atoms with Crippen LogP contribution in [0.3, 0.4) is 0 Å². The van der Waals surface area contributed by atoms with Crippen molar-refractivity contribution in [1.29, 1.82) is 0 Å². The first kappa shape index (κ1) is 30.0. The Labute approximate surface area is 236 Å². The highest BCUT2D eigenvalue weighted by molar-refractivity contribution is 8.09. The number of aliphatic hydroxyl groups is 1. The maximum absolute atomic E-state index is 16.0. The van der Waals surface area contributed by atoms with Crippen LogP contribution in [0.4, 0.5) is 16.2 Å². The van der Waals surface area contributed by atoms with Crippen LogP contribution in [-0.4, -0.2) is 81.8 Å². The maximum Gasteiger partial charge on any atom is 0.323 e. The lowest BCUT2D eigenvalue weighted by atomic mass is 9.98. The number of carbonyl (C=O) groups excluding carboxylic acids is 1. The van der Waals surface area contributed by atoms with Gasteiger partial charge in [0.05, 0.1) is 19.5 Å². The van der Waals surface area contributed by atoms with E-state index in [-0.39, 0.29) is 24.8 Å². The molecule has 0 aliphatic carbocycles. The van der Waals surface area contributed by atoms with E-state index in [0.717, 1.165) is 0 Å². The molecule has 1 aliphatic heterocycles. The van der Waals surface area contributed by atoms with Gasteiger partial charge in [-0.1, -0.05) is 18.2 Å². The average molecular weight is 598 g/mol. The Kier molecular flexibility index (Phi) is 8.93. The minimum Gasteiger partial charge on any atom is -0.465 e. The number of imidazole rings is 1. The standard InChI is InChI=1S/C24H33FN7O6PS/c1-6-35-21(34)14(2)30-39(40,38-15-10-8-7-9-11-15)36-12-16-18(33)24(3,25)22(37-16)32-13-27-17-19(31(4)5)28-23(26)29-20(17)32/h7-11,13-14,16,18,22,33H,6,12H2,1-5H3,(H,30,40)(H2,26,28,29)/t14-,16+,18+,22+,24+,39+/m0/s1. The molecule has 40 heavy (non-hydrogen) atoms. The van der Waals surface area contributed by atoms with E-state index in [0.29, 0.717) is 17.1 Å². The van der Waals surface area contributed by atoms with Crippen LogP contribution in [0.15, 0.2) is 36.7 Å². The molecule has 0 unspecified atom stereocenters. The highest BCUT2D eigenvalue weighted by atomic mass is 32.5. The molecule has 3 aromatic rings. The van der Waals surface area contributed by atoms with Crippen LogP contribution in [0.2, 0.25) is 0 Å². The molecule has 1 fully saturated rings. The summed E-state index contributed by atoms with van der Waals surface area (Å²) >= 11 is 5.69. The predicted octanol–water partition coefficient (Wildman–Crippen LogP) is 2.32. The van der Waals surface area contributed by atoms with Crippen molar-refractivity contribution < 1.29 is 32.8 Å². The number of benzene rings is 1. The van der Waals surface area contributed by atoms with Crippen LogP contribution >= 0.6 is 6.64 Å². The molecule has 16 heteroatoms. The van der Waals surface area contributed by atoms with Gasteiger partial charge in [-0.2, -0.15) is 9.97 Å². The Bertz CT molecular complexity index is 1390. The van der Waals surface area contributed by atoms with Crippen LogP contribution in [-0.2, 0) is 30.6 Å². The number of alkyl halides is 1. The number of fused-ring (bicyclic) bond motifs is 1. The number of aliphatic hydroxyl groups excluding tert-OH is 1. The van der Waals surface area contributed by atoms with Gasteiger partial charge < -0.3 is 34.3 Å². The summed E-state index contributed by atoms with van der Waals surface area (Å²) in [6.45, 7) is 0.860. The Morgan fingerprint density at radius 2 is 2.08 bits per heavy atom. The van der Waals surface area contributed by atoms with E-state index in [1.165, 1.54) is 17.8 Å². The zero-order valence-corrected chi connectivity index (χ0v) is 24.4. The number of hydrogen-bond donors (Lipinski definition) is 3. The number of nitrogen functional groups attached to an aromatic ring is 1. The third kappa shape index (κ3) is 6.19. The van der Waals surface area contributed by atoms with Gasteiger partial charge in [0.1, 0.15) is 24.0 Å². The molecule has 218 valence electrons. The van der Waals surface area contributed by atoms with Crippen LogP contribution in [0, 0.1) is 0 Å². The molecule has 0 saturated carbocycles. The molecule has 0 bridgehead atoms. The quantitative estimate of drug-likeness (QED) is 0.219. The summed E-state index contributed by atoms with van der Waals surface area (Å²) in [5.74, 6) is 0.267. The number of nitrogens with two attached hydrogens (primary N) is 1. The van der Waals surface area contributed by atoms with Crippen molar-refractivity contribution in [2.24, 2.45) is 0 Å². The molecular formula is C24H33FN7O6PS.